The Balaban J connectivity index is 0.000000204. The Hall–Kier alpha value is -2.65. The summed E-state index contributed by atoms with van der Waals surface area (Å²) in [7, 11) is 3.15. The summed E-state index contributed by atoms with van der Waals surface area (Å²) in [6.07, 6.45) is 4.35. The Morgan fingerprint density at radius 3 is 1.69 bits per heavy atom. The maximum Gasteiger partial charge on any atom is 0.284 e. The van der Waals surface area contributed by atoms with Gasteiger partial charge >= 0.3 is 0 Å². The topological polar surface area (TPSA) is 113 Å². The third kappa shape index (κ3) is 9.49. The summed E-state index contributed by atoms with van der Waals surface area (Å²) in [5.74, 6) is 0.489. The van der Waals surface area contributed by atoms with Gasteiger partial charge in [0, 0.05) is 63.3 Å². The molecule has 0 atom stereocenters. The molecule has 0 saturated carbocycles. The van der Waals surface area contributed by atoms with Gasteiger partial charge in [-0.15, -0.1) is 0 Å². The second-order valence-corrected chi connectivity index (χ2v) is 8.79. The summed E-state index contributed by atoms with van der Waals surface area (Å²) < 4.78 is 53.4. The molecule has 4 aromatic rings. The van der Waals surface area contributed by atoms with Gasteiger partial charge in [-0.05, 0) is 43.5 Å². The molecule has 4 heterocycles. The third-order valence-corrected chi connectivity index (χ3v) is 4.86. The van der Waals surface area contributed by atoms with E-state index in [1.807, 2.05) is 0 Å². The quantitative estimate of drug-likeness (QED) is 0.236. The minimum Gasteiger partial charge on any atom is -0.396 e. The Morgan fingerprint density at radius 1 is 0.829 bits per heavy atom. The summed E-state index contributed by atoms with van der Waals surface area (Å²) in [5, 5.41) is 7.45. The van der Waals surface area contributed by atoms with Crippen LogP contribution >= 0.6 is 43.5 Å². The number of nitrogens with zero attached hydrogens (tertiary/aromatic N) is 8. The molecule has 0 bridgehead atoms. The summed E-state index contributed by atoms with van der Waals surface area (Å²) >= 11 is 11.7. The normalized spacial score (nSPS) is 10.6. The fourth-order valence-corrected chi connectivity index (χ4v) is 2.97. The molecule has 0 spiro atoms. The summed E-state index contributed by atoms with van der Waals surface area (Å²) in [5.41, 5.74) is 5.11. The van der Waals surface area contributed by atoms with E-state index < -0.39 is 12.9 Å². The molecule has 0 aliphatic heterocycles. The van der Waals surface area contributed by atoms with Crippen LogP contribution in [0.25, 0.3) is 0 Å². The number of aryl methyl sites for hydroxylation is 2. The van der Waals surface area contributed by atoms with Crippen molar-refractivity contribution in [2.24, 2.45) is 14.1 Å². The number of nitrogen functional groups attached to an aromatic ring is 1. The molecule has 0 saturated heterocycles. The van der Waals surface area contributed by atoms with Crippen LogP contribution in [0.3, 0.4) is 0 Å². The maximum atomic E-state index is 12.7. The highest BCUT2D eigenvalue weighted by molar-refractivity contribution is 9.10. The number of hydrogen-bond acceptors (Lipinski definition) is 7. The zero-order chi connectivity index (χ0) is 26.1. The van der Waals surface area contributed by atoms with Crippen LogP contribution in [0.5, 0.6) is 0 Å². The van der Waals surface area contributed by atoms with Crippen LogP contribution in [0, 0.1) is 0 Å². The van der Waals surface area contributed by atoms with Gasteiger partial charge in [0.2, 0.25) is 5.28 Å². The number of hydrogen-bond donors (Lipinski definition) is 1. The Bertz CT molecular complexity index is 1180. The molecular formula is C19H18Br2ClF4N9. The van der Waals surface area contributed by atoms with Gasteiger partial charge in [-0.1, -0.05) is 0 Å². The van der Waals surface area contributed by atoms with Crippen molar-refractivity contribution in [3.63, 3.8) is 0 Å². The first-order valence-corrected chi connectivity index (χ1v) is 11.4. The first-order chi connectivity index (χ1) is 16.5. The minimum absolute atomic E-state index is 0.0394. The van der Waals surface area contributed by atoms with E-state index in [2.05, 4.69) is 62.0 Å². The number of rotatable bonds is 4. The lowest BCUT2D eigenvalue weighted by atomic mass is 10.2. The van der Waals surface area contributed by atoms with Crippen LogP contribution in [-0.4, -0.2) is 39.5 Å². The van der Waals surface area contributed by atoms with Crippen molar-refractivity contribution in [2.75, 3.05) is 5.73 Å². The van der Waals surface area contributed by atoms with E-state index in [4.69, 9.17) is 17.3 Å². The number of alkyl halides is 4. The number of aromatic nitrogens is 8. The fourth-order valence-electron chi connectivity index (χ4n) is 2.47. The zero-order valence-corrected chi connectivity index (χ0v) is 22.1. The monoisotopic (exact) mass is 641 g/mol. The predicted molar refractivity (Wildman–Crippen MR) is 128 cm³/mol. The molecule has 9 nitrogen and oxygen atoms in total. The van der Waals surface area contributed by atoms with Gasteiger partial charge in [0.15, 0.2) is 5.69 Å². The lowest BCUT2D eigenvalue weighted by Crippen LogP contribution is -1.98. The van der Waals surface area contributed by atoms with Crippen molar-refractivity contribution >= 4 is 49.1 Å². The molecule has 0 aromatic carbocycles. The van der Waals surface area contributed by atoms with Gasteiger partial charge in [-0.2, -0.15) is 10.2 Å². The van der Waals surface area contributed by atoms with Crippen molar-refractivity contribution in [2.45, 2.75) is 19.3 Å². The van der Waals surface area contributed by atoms with E-state index in [-0.39, 0.29) is 28.8 Å². The average Bonchev–Trinajstić information content (AvgIpc) is 3.33. The molecule has 0 amide bonds. The second-order valence-electron chi connectivity index (χ2n) is 6.62. The van der Waals surface area contributed by atoms with Gasteiger partial charge in [0.1, 0.15) is 11.5 Å². The van der Waals surface area contributed by atoms with Crippen LogP contribution in [0.4, 0.5) is 23.2 Å². The summed E-state index contributed by atoms with van der Waals surface area (Å²) in [4.78, 5) is 15.5. The number of nitrogens with two attached hydrogens (primary N) is 1. The average molecular weight is 644 g/mol. The van der Waals surface area contributed by atoms with Crippen molar-refractivity contribution in [3.05, 3.63) is 74.2 Å². The highest BCUT2D eigenvalue weighted by atomic mass is 79.9. The molecule has 0 radical (unpaired) electrons. The predicted octanol–water partition coefficient (Wildman–Crippen LogP) is 5.33. The molecule has 16 heteroatoms. The van der Waals surface area contributed by atoms with E-state index in [1.165, 1.54) is 15.6 Å². The lowest BCUT2D eigenvalue weighted by Gasteiger charge is -2.00. The second kappa shape index (κ2) is 13.4. The molecule has 0 aliphatic carbocycles. The van der Waals surface area contributed by atoms with Crippen LogP contribution in [0.1, 0.15) is 35.6 Å². The smallest absolute Gasteiger partial charge is 0.284 e. The molecule has 2 N–H and O–H groups in total. The van der Waals surface area contributed by atoms with Gasteiger partial charge in [0.25, 0.3) is 12.9 Å². The van der Waals surface area contributed by atoms with Gasteiger partial charge in [-0.25, -0.2) is 37.5 Å². The molecule has 4 rings (SSSR count). The minimum atomic E-state index is -2.58. The van der Waals surface area contributed by atoms with Crippen molar-refractivity contribution in [3.8, 4) is 0 Å². The Labute approximate surface area is 219 Å². The molecular weight excluding hydrogens is 626 g/mol. The van der Waals surface area contributed by atoms with Gasteiger partial charge < -0.3 is 5.73 Å². The molecule has 188 valence electrons. The van der Waals surface area contributed by atoms with Gasteiger partial charge in [-0.3, -0.25) is 9.36 Å². The Kier molecular flexibility index (Phi) is 11.0. The van der Waals surface area contributed by atoms with E-state index in [1.54, 1.807) is 45.1 Å². The van der Waals surface area contributed by atoms with E-state index >= 15 is 0 Å². The van der Waals surface area contributed by atoms with E-state index in [0.717, 1.165) is 8.95 Å². The molecule has 0 aliphatic rings. The van der Waals surface area contributed by atoms with Crippen molar-refractivity contribution in [1.82, 2.24) is 39.5 Å². The summed E-state index contributed by atoms with van der Waals surface area (Å²) in [6, 6.07) is 0. The van der Waals surface area contributed by atoms with Crippen molar-refractivity contribution in [1.29, 1.82) is 0 Å². The molecule has 35 heavy (non-hydrogen) atoms. The highest BCUT2D eigenvalue weighted by Crippen LogP contribution is 2.23. The molecule has 0 unspecified atom stereocenters. The fraction of sp³-hybridized carbons (Fsp3) is 0.263. The first-order valence-electron chi connectivity index (χ1n) is 9.43. The van der Waals surface area contributed by atoms with E-state index in [0.29, 0.717) is 11.4 Å². The number of anilines is 1. The van der Waals surface area contributed by atoms with E-state index in [9.17, 15) is 17.6 Å². The van der Waals surface area contributed by atoms with Gasteiger partial charge in [0.05, 0.1) is 14.6 Å². The van der Waals surface area contributed by atoms with Crippen LogP contribution in [0.2, 0.25) is 5.28 Å². The largest absolute Gasteiger partial charge is 0.396 e. The summed E-state index contributed by atoms with van der Waals surface area (Å²) in [6.45, 7) is 0. The molecule has 0 fully saturated rings. The maximum absolute atomic E-state index is 12.7. The third-order valence-electron chi connectivity index (χ3n) is 3.85. The Morgan fingerprint density at radius 2 is 1.29 bits per heavy atom. The lowest BCUT2D eigenvalue weighted by molar-refractivity contribution is 0.144. The first kappa shape index (κ1) is 28.6. The highest BCUT2D eigenvalue weighted by Gasteiger charge is 2.18. The standard InChI is InChI=1S/C10H9BrF2N4.C5H7F2N3.C4H2BrClN2/c1-17-5-6(9(16-17)10(12)13)2-8-14-3-7(11)4-15-8;1-10-2-3(8)4(9-10)5(6)7;5-3-1-7-4(6)8-2-3/h3-5,10H,2H2,1H3;2,5H,8H2,1H3;1-2H. The molecule has 4 aromatic heterocycles. The van der Waals surface area contributed by atoms with Crippen LogP contribution in [-0.2, 0) is 20.5 Å². The van der Waals surface area contributed by atoms with Crippen LogP contribution < -0.4 is 5.73 Å². The SMILES string of the molecule is Clc1ncc(Br)cn1.Cn1cc(Cc2ncc(Br)cn2)c(C(F)F)n1.Cn1cc(N)c(C(F)F)n1. The van der Waals surface area contributed by atoms with Crippen molar-refractivity contribution < 1.29 is 17.6 Å². The zero-order valence-electron chi connectivity index (χ0n) is 18.1. The number of halogens is 7. The van der Waals surface area contributed by atoms with Crippen LogP contribution in [0.15, 0.2) is 46.1 Å².